The first-order chi connectivity index (χ1) is 17.7. The van der Waals surface area contributed by atoms with Gasteiger partial charge in [-0.1, -0.05) is 12.1 Å². The van der Waals surface area contributed by atoms with Crippen LogP contribution >= 0.6 is 11.8 Å². The Morgan fingerprint density at radius 2 is 1.76 bits per heavy atom. The number of carboxylic acid groups (broad SMARTS) is 1. The minimum atomic E-state index is -4.40. The normalized spacial score (nSPS) is 11.5. The standard InChI is InChI=1S/C28H24F3NO4S/c1-18-14-23(7-9-24(18)35-16-27(33)34)37-17-21-15-26(20-3-5-22(6-4-20)28(29,30)31)36-25(21)8-2-19-10-12-32-13-11-19/h3-7,9-15H,2,8,16-17H2,1H3,(H,33,34). The van der Waals surface area contributed by atoms with Crippen molar-refractivity contribution < 1.29 is 32.2 Å². The number of alkyl halides is 3. The fourth-order valence-electron chi connectivity index (χ4n) is 3.75. The summed E-state index contributed by atoms with van der Waals surface area (Å²) in [6.45, 7) is 1.44. The SMILES string of the molecule is Cc1cc(SCc2cc(-c3ccc(C(F)(F)F)cc3)oc2CCc2ccncc2)ccc1OCC(=O)O. The van der Waals surface area contributed by atoms with Crippen molar-refractivity contribution in [3.05, 3.63) is 101 Å². The van der Waals surface area contributed by atoms with Crippen LogP contribution in [0.25, 0.3) is 11.3 Å². The van der Waals surface area contributed by atoms with Crippen LogP contribution in [0.5, 0.6) is 5.75 Å². The van der Waals surface area contributed by atoms with Crippen molar-refractivity contribution in [3.8, 4) is 17.1 Å². The Morgan fingerprint density at radius 3 is 2.41 bits per heavy atom. The van der Waals surface area contributed by atoms with Gasteiger partial charge in [-0.2, -0.15) is 13.2 Å². The molecule has 2 aromatic carbocycles. The highest BCUT2D eigenvalue weighted by Crippen LogP contribution is 2.35. The first-order valence-corrected chi connectivity index (χ1v) is 12.4. The molecule has 4 aromatic rings. The predicted octanol–water partition coefficient (Wildman–Crippen LogP) is 7.21. The molecule has 9 heteroatoms. The average molecular weight is 528 g/mol. The number of aliphatic carboxylic acids is 1. The molecule has 192 valence electrons. The van der Waals surface area contributed by atoms with Crippen LogP contribution in [-0.2, 0) is 29.6 Å². The van der Waals surface area contributed by atoms with Crippen molar-refractivity contribution in [2.75, 3.05) is 6.61 Å². The summed E-state index contributed by atoms with van der Waals surface area (Å²) >= 11 is 1.58. The zero-order valence-corrected chi connectivity index (χ0v) is 20.7. The van der Waals surface area contributed by atoms with Crippen molar-refractivity contribution in [2.24, 2.45) is 0 Å². The highest BCUT2D eigenvalue weighted by Gasteiger charge is 2.30. The number of hydrogen-bond acceptors (Lipinski definition) is 5. The number of benzene rings is 2. The molecular weight excluding hydrogens is 503 g/mol. The molecule has 37 heavy (non-hydrogen) atoms. The van der Waals surface area contributed by atoms with Crippen molar-refractivity contribution in [3.63, 3.8) is 0 Å². The highest BCUT2D eigenvalue weighted by molar-refractivity contribution is 7.98. The van der Waals surface area contributed by atoms with Crippen molar-refractivity contribution >= 4 is 17.7 Å². The van der Waals surface area contributed by atoms with Gasteiger partial charge >= 0.3 is 12.1 Å². The number of aromatic nitrogens is 1. The highest BCUT2D eigenvalue weighted by atomic mass is 32.2. The lowest BCUT2D eigenvalue weighted by Crippen LogP contribution is -2.09. The maximum Gasteiger partial charge on any atom is 0.416 e. The quantitative estimate of drug-likeness (QED) is 0.220. The molecule has 0 amide bonds. The third-order valence-corrected chi connectivity index (χ3v) is 6.72. The fourth-order valence-corrected chi connectivity index (χ4v) is 4.74. The molecule has 0 saturated heterocycles. The van der Waals surface area contributed by atoms with Gasteiger partial charge in [0.2, 0.25) is 0 Å². The third kappa shape index (κ3) is 7.16. The largest absolute Gasteiger partial charge is 0.482 e. The van der Waals surface area contributed by atoms with E-state index in [1.54, 1.807) is 30.2 Å². The second-order valence-electron chi connectivity index (χ2n) is 8.39. The topological polar surface area (TPSA) is 72.6 Å². The molecule has 0 saturated carbocycles. The van der Waals surface area contributed by atoms with Gasteiger partial charge in [-0.15, -0.1) is 11.8 Å². The van der Waals surface area contributed by atoms with Crippen LogP contribution in [0.1, 0.15) is 28.0 Å². The summed E-state index contributed by atoms with van der Waals surface area (Å²) in [5.74, 6) is 1.35. The summed E-state index contributed by atoms with van der Waals surface area (Å²) < 4.78 is 50.4. The Morgan fingerprint density at radius 1 is 1.03 bits per heavy atom. The van der Waals surface area contributed by atoms with Crippen molar-refractivity contribution in [1.29, 1.82) is 0 Å². The molecule has 0 aliphatic rings. The van der Waals surface area contributed by atoms with E-state index in [-0.39, 0.29) is 0 Å². The van der Waals surface area contributed by atoms with E-state index in [4.69, 9.17) is 14.3 Å². The molecule has 4 rings (SSSR count). The maximum atomic E-state index is 13.0. The summed E-state index contributed by atoms with van der Waals surface area (Å²) in [6.07, 6.45) is 0.421. The second kappa shape index (κ2) is 11.6. The van der Waals surface area contributed by atoms with Crippen LogP contribution in [0.15, 0.2) is 82.4 Å². The summed E-state index contributed by atoms with van der Waals surface area (Å²) in [4.78, 5) is 15.8. The van der Waals surface area contributed by atoms with E-state index in [0.29, 0.717) is 29.2 Å². The van der Waals surface area contributed by atoms with Crippen LogP contribution in [0.3, 0.4) is 0 Å². The lowest BCUT2D eigenvalue weighted by Gasteiger charge is -2.09. The number of aryl methyl sites for hydroxylation is 3. The molecule has 5 nitrogen and oxygen atoms in total. The number of thioether (sulfide) groups is 1. The molecule has 0 unspecified atom stereocenters. The van der Waals surface area contributed by atoms with Crippen LogP contribution < -0.4 is 4.74 Å². The van der Waals surface area contributed by atoms with Gasteiger partial charge in [0, 0.05) is 40.6 Å². The zero-order chi connectivity index (χ0) is 26.4. The number of ether oxygens (including phenoxy) is 1. The predicted molar refractivity (Wildman–Crippen MR) is 135 cm³/mol. The molecule has 0 aliphatic carbocycles. The number of hydrogen-bond donors (Lipinski definition) is 1. The zero-order valence-electron chi connectivity index (χ0n) is 19.9. The molecule has 2 aromatic heterocycles. The molecule has 0 bridgehead atoms. The Labute approximate surface area is 216 Å². The molecule has 0 aliphatic heterocycles. The smallest absolute Gasteiger partial charge is 0.416 e. The summed E-state index contributed by atoms with van der Waals surface area (Å²) in [6, 6.07) is 16.2. The van der Waals surface area contributed by atoms with Gasteiger partial charge in [0.05, 0.1) is 5.56 Å². The van der Waals surface area contributed by atoms with Gasteiger partial charge in [-0.25, -0.2) is 4.79 Å². The minimum absolute atomic E-state index is 0.407. The summed E-state index contributed by atoms with van der Waals surface area (Å²) in [7, 11) is 0. The first kappa shape index (κ1) is 26.3. The van der Waals surface area contributed by atoms with Gasteiger partial charge in [-0.3, -0.25) is 4.98 Å². The van der Waals surface area contributed by atoms with Gasteiger partial charge in [0.15, 0.2) is 6.61 Å². The number of nitrogens with zero attached hydrogens (tertiary/aromatic N) is 1. The van der Waals surface area contributed by atoms with Gasteiger partial charge in [0.25, 0.3) is 0 Å². The van der Waals surface area contributed by atoms with Crippen molar-refractivity contribution in [2.45, 2.75) is 36.6 Å². The molecule has 0 radical (unpaired) electrons. The Kier molecular flexibility index (Phi) is 8.23. The molecular formula is C28H24F3NO4S. The van der Waals surface area contributed by atoms with E-state index >= 15 is 0 Å². The van der Waals surface area contributed by atoms with E-state index in [1.165, 1.54) is 12.1 Å². The van der Waals surface area contributed by atoms with Crippen LogP contribution in [0.4, 0.5) is 13.2 Å². The molecule has 2 heterocycles. The van der Waals surface area contributed by atoms with E-state index in [0.717, 1.165) is 45.9 Å². The summed E-state index contributed by atoms with van der Waals surface area (Å²) in [5, 5.41) is 8.82. The maximum absolute atomic E-state index is 13.0. The Bertz CT molecular complexity index is 1350. The number of carboxylic acids is 1. The number of furan rings is 1. The molecule has 0 fully saturated rings. The number of carbonyl (C=O) groups is 1. The van der Waals surface area contributed by atoms with E-state index in [9.17, 15) is 18.0 Å². The first-order valence-electron chi connectivity index (χ1n) is 11.4. The molecule has 1 N–H and O–H groups in total. The van der Waals surface area contributed by atoms with Gasteiger partial charge < -0.3 is 14.3 Å². The van der Waals surface area contributed by atoms with Gasteiger partial charge in [0.1, 0.15) is 17.3 Å². The minimum Gasteiger partial charge on any atom is -0.482 e. The Balaban J connectivity index is 1.53. The van der Waals surface area contributed by atoms with Crippen molar-refractivity contribution in [1.82, 2.24) is 4.98 Å². The molecule has 0 spiro atoms. The third-order valence-electron chi connectivity index (χ3n) is 5.68. The van der Waals surface area contributed by atoms with Gasteiger partial charge in [-0.05, 0) is 73.0 Å². The number of pyridine rings is 1. The fraction of sp³-hybridized carbons (Fsp3) is 0.214. The lowest BCUT2D eigenvalue weighted by molar-refractivity contribution is -0.139. The van der Waals surface area contributed by atoms with Crippen LogP contribution in [-0.4, -0.2) is 22.7 Å². The summed E-state index contributed by atoms with van der Waals surface area (Å²) in [5.41, 5.74) is 2.75. The number of rotatable bonds is 10. The van der Waals surface area contributed by atoms with E-state index in [2.05, 4.69) is 4.98 Å². The monoisotopic (exact) mass is 527 g/mol. The van der Waals surface area contributed by atoms with E-state index in [1.807, 2.05) is 37.3 Å². The molecule has 0 atom stereocenters. The lowest BCUT2D eigenvalue weighted by atomic mass is 10.1. The Hall–Kier alpha value is -3.72. The van der Waals surface area contributed by atoms with Crippen LogP contribution in [0, 0.1) is 6.92 Å². The van der Waals surface area contributed by atoms with Crippen LogP contribution in [0.2, 0.25) is 0 Å². The second-order valence-corrected chi connectivity index (χ2v) is 9.44. The number of halogens is 3. The van der Waals surface area contributed by atoms with E-state index < -0.39 is 24.3 Å². The average Bonchev–Trinajstić information content (AvgIpc) is 3.29.